The van der Waals surface area contributed by atoms with Crippen LogP contribution in [0.2, 0.25) is 5.02 Å². The van der Waals surface area contributed by atoms with E-state index < -0.39 is 11.7 Å². The van der Waals surface area contributed by atoms with Crippen molar-refractivity contribution in [3.8, 4) is 23.1 Å². The summed E-state index contributed by atoms with van der Waals surface area (Å²) >= 11 is 6.92. The highest BCUT2D eigenvalue weighted by atomic mass is 35.5. The van der Waals surface area contributed by atoms with Gasteiger partial charge in [-0.25, -0.2) is 9.97 Å². The van der Waals surface area contributed by atoms with Gasteiger partial charge in [0.2, 0.25) is 5.88 Å². The molecule has 212 valence electrons. The Kier molecular flexibility index (Phi) is 6.29. The number of alkyl halides is 3. The Morgan fingerprint density at radius 1 is 1.27 bits per heavy atom. The van der Waals surface area contributed by atoms with Gasteiger partial charge < -0.3 is 20.1 Å². The number of fused-ring (bicyclic) bond motifs is 1. The lowest BCUT2D eigenvalue weighted by atomic mass is 9.94. The molecular weight excluding hydrogens is 561 g/mol. The van der Waals surface area contributed by atoms with Crippen molar-refractivity contribution in [1.29, 1.82) is 0 Å². The monoisotopic (exact) mass is 584 g/mol. The second kappa shape index (κ2) is 9.61. The molecule has 0 saturated carbocycles. The molecule has 14 heteroatoms. The third-order valence-corrected chi connectivity index (χ3v) is 7.64. The van der Waals surface area contributed by atoms with Crippen LogP contribution in [0.15, 0.2) is 30.6 Å². The van der Waals surface area contributed by atoms with Crippen molar-refractivity contribution < 1.29 is 22.6 Å². The molecule has 4 aromatic heterocycles. The first-order valence-electron chi connectivity index (χ1n) is 12.6. The van der Waals surface area contributed by atoms with Crippen LogP contribution < -0.4 is 20.1 Å². The molecule has 0 fully saturated rings. The van der Waals surface area contributed by atoms with Crippen LogP contribution >= 0.6 is 11.6 Å². The summed E-state index contributed by atoms with van der Waals surface area (Å²) in [6.07, 6.45) is -1.79. The largest absolute Gasteiger partial charge is 0.475 e. The van der Waals surface area contributed by atoms with Crippen LogP contribution in [0.1, 0.15) is 36.6 Å². The Labute approximate surface area is 236 Å². The number of nitrogens with one attached hydrogen (secondary N) is 1. The van der Waals surface area contributed by atoms with Crippen molar-refractivity contribution in [2.45, 2.75) is 39.0 Å². The number of nitrogens with zero attached hydrogens (tertiary/aromatic N) is 6. The number of hydrogen-bond donors (Lipinski definition) is 2. The molecule has 10 nitrogen and oxygen atoms in total. The van der Waals surface area contributed by atoms with Crippen molar-refractivity contribution in [2.24, 2.45) is 0 Å². The summed E-state index contributed by atoms with van der Waals surface area (Å²) in [6.45, 7) is 5.38. The van der Waals surface area contributed by atoms with E-state index in [4.69, 9.17) is 26.8 Å². The number of aromatic nitrogens is 6. The molecule has 1 aliphatic heterocycles. The highest BCUT2D eigenvalue weighted by Gasteiger charge is 2.39. The Balaban J connectivity index is 1.69. The number of methoxy groups -OCH3 is 1. The summed E-state index contributed by atoms with van der Waals surface area (Å²) in [4.78, 5) is 19.9. The predicted octanol–water partition coefficient (Wildman–Crippen LogP) is 5.88. The first-order valence-corrected chi connectivity index (χ1v) is 13.0. The number of aromatic amines is 1. The third-order valence-electron chi connectivity index (χ3n) is 7.28. The highest BCUT2D eigenvalue weighted by Crippen LogP contribution is 2.49. The number of halogens is 4. The number of H-pyrrole nitrogens is 1. The molecule has 0 radical (unpaired) electrons. The minimum Gasteiger partial charge on any atom is -0.475 e. The zero-order chi connectivity index (χ0) is 29.2. The smallest absolute Gasteiger partial charge is 0.417 e. The molecule has 5 aromatic rings. The van der Waals surface area contributed by atoms with Crippen LogP contribution in [-0.2, 0) is 6.18 Å². The first-order chi connectivity index (χ1) is 19.5. The van der Waals surface area contributed by atoms with Crippen molar-refractivity contribution in [1.82, 2.24) is 30.1 Å². The summed E-state index contributed by atoms with van der Waals surface area (Å²) in [5.74, 6) is 0.783. The van der Waals surface area contributed by atoms with E-state index in [2.05, 4.69) is 30.1 Å². The van der Waals surface area contributed by atoms with Gasteiger partial charge in [0.1, 0.15) is 29.1 Å². The summed E-state index contributed by atoms with van der Waals surface area (Å²) in [5.41, 5.74) is 6.23. The second-order valence-electron chi connectivity index (χ2n) is 9.83. The number of rotatable bonds is 4. The van der Waals surface area contributed by atoms with E-state index in [1.165, 1.54) is 26.3 Å². The number of ether oxygens (including phenoxy) is 2. The van der Waals surface area contributed by atoms with E-state index >= 15 is 0 Å². The molecule has 3 N–H and O–H groups in total. The minimum atomic E-state index is -4.71. The number of anilines is 2. The lowest BCUT2D eigenvalue weighted by molar-refractivity contribution is -0.137. The Morgan fingerprint density at radius 3 is 2.76 bits per heavy atom. The van der Waals surface area contributed by atoms with Crippen molar-refractivity contribution in [3.63, 3.8) is 0 Å². The van der Waals surface area contributed by atoms with Crippen molar-refractivity contribution in [3.05, 3.63) is 52.3 Å². The molecule has 0 spiro atoms. The van der Waals surface area contributed by atoms with E-state index in [1.807, 2.05) is 24.8 Å². The molecular formula is C27H24ClF3N8O2. The molecule has 2 atom stereocenters. The fourth-order valence-corrected chi connectivity index (χ4v) is 5.75. The number of benzene rings is 1. The van der Waals surface area contributed by atoms with Crippen LogP contribution in [0.4, 0.5) is 24.8 Å². The molecule has 5 heterocycles. The number of nitrogens with two attached hydrogens (primary N) is 1. The van der Waals surface area contributed by atoms with Gasteiger partial charge in [0.05, 0.1) is 47.2 Å². The molecule has 1 aromatic carbocycles. The van der Waals surface area contributed by atoms with Crippen molar-refractivity contribution in [2.75, 3.05) is 24.4 Å². The maximum Gasteiger partial charge on any atom is 0.417 e. The number of pyridine rings is 2. The Morgan fingerprint density at radius 2 is 2.05 bits per heavy atom. The third kappa shape index (κ3) is 4.22. The van der Waals surface area contributed by atoms with Gasteiger partial charge >= 0.3 is 12.2 Å². The molecule has 0 bridgehead atoms. The molecule has 6 rings (SSSR count). The Bertz CT molecular complexity index is 1830. The van der Waals surface area contributed by atoms with Crippen LogP contribution in [0.5, 0.6) is 11.9 Å². The lowest BCUT2D eigenvalue weighted by Gasteiger charge is -2.34. The maximum atomic E-state index is 14.5. The summed E-state index contributed by atoms with van der Waals surface area (Å²) in [7, 11) is 1.39. The van der Waals surface area contributed by atoms with Crippen molar-refractivity contribution >= 4 is 45.0 Å². The molecule has 0 aliphatic carbocycles. The maximum absolute atomic E-state index is 14.5. The minimum absolute atomic E-state index is 0.0161. The summed E-state index contributed by atoms with van der Waals surface area (Å²) in [5, 5.41) is 7.13. The number of aryl methyl sites for hydroxylation is 1. The molecule has 41 heavy (non-hydrogen) atoms. The zero-order valence-corrected chi connectivity index (χ0v) is 23.1. The van der Waals surface area contributed by atoms with Gasteiger partial charge in [0.15, 0.2) is 0 Å². The van der Waals surface area contributed by atoms with Gasteiger partial charge in [-0.15, -0.1) is 0 Å². The highest BCUT2D eigenvalue weighted by molar-refractivity contribution is 6.38. The van der Waals surface area contributed by atoms with E-state index in [1.54, 1.807) is 12.3 Å². The zero-order valence-electron chi connectivity index (χ0n) is 22.3. The summed E-state index contributed by atoms with van der Waals surface area (Å²) < 4.78 is 55.1. The predicted molar refractivity (Wildman–Crippen MR) is 148 cm³/mol. The average molecular weight is 585 g/mol. The van der Waals surface area contributed by atoms with Crippen LogP contribution in [-0.4, -0.2) is 49.9 Å². The quantitative estimate of drug-likeness (QED) is 0.266. The van der Waals surface area contributed by atoms with Gasteiger partial charge in [-0.1, -0.05) is 17.7 Å². The van der Waals surface area contributed by atoms with Gasteiger partial charge in [-0.3, -0.25) is 5.10 Å². The molecule has 1 aliphatic rings. The first kappa shape index (κ1) is 26.8. The van der Waals surface area contributed by atoms with Gasteiger partial charge in [-0.2, -0.15) is 28.2 Å². The van der Waals surface area contributed by atoms with E-state index in [0.717, 1.165) is 5.56 Å². The standard InChI is InChI=1S/C27H24ClF3N8O2/c1-11-8-16-15(9-34-38-16)17(19(11)27(29,30)31)21-20(28)22-18-24(37-26(36-22)40-4)39(12(2)10-41-25(18)35-21)13(3)14-6-5-7-33-23(14)32/h5-9,12-13H,10H2,1-4H3,(H2,32,33)(H,34,38)/t12-,13?/m0/s1. The van der Waals surface area contributed by atoms with Gasteiger partial charge in [0.25, 0.3) is 0 Å². The van der Waals surface area contributed by atoms with Gasteiger partial charge in [0, 0.05) is 22.7 Å². The van der Waals surface area contributed by atoms with Crippen LogP contribution in [0.3, 0.4) is 0 Å². The van der Waals surface area contributed by atoms with Crippen LogP contribution in [0.25, 0.3) is 33.1 Å². The van der Waals surface area contributed by atoms with Crippen LogP contribution in [0, 0.1) is 6.92 Å². The number of hydrogen-bond acceptors (Lipinski definition) is 9. The molecule has 0 amide bonds. The fourth-order valence-electron chi connectivity index (χ4n) is 5.48. The average Bonchev–Trinajstić information content (AvgIpc) is 3.34. The van der Waals surface area contributed by atoms with E-state index in [0.29, 0.717) is 22.5 Å². The topological polar surface area (TPSA) is 128 Å². The summed E-state index contributed by atoms with van der Waals surface area (Å²) in [6, 6.07) is 4.39. The fraction of sp³-hybridized carbons (Fsp3) is 0.296. The molecule has 1 unspecified atom stereocenters. The van der Waals surface area contributed by atoms with Gasteiger partial charge in [-0.05, 0) is 38.5 Å². The number of nitrogen functional groups attached to an aromatic ring is 1. The second-order valence-corrected chi connectivity index (χ2v) is 10.2. The van der Waals surface area contributed by atoms with E-state index in [9.17, 15) is 13.2 Å². The lowest BCUT2D eigenvalue weighted by Crippen LogP contribution is -2.39. The SMILES string of the molecule is COc1nc2c3c(nc(-c4c(C(F)(F)F)c(C)cc5[nH]ncc45)c(Cl)c3n1)OC[C@H](C)N2C(C)c1cccnc1N. The normalized spacial score (nSPS) is 16.1. The van der Waals surface area contributed by atoms with E-state index in [-0.39, 0.29) is 63.3 Å². The Hall–Kier alpha value is -4.39. The molecule has 0 saturated heterocycles.